The predicted molar refractivity (Wildman–Crippen MR) is 85.6 cm³/mol. The maximum atomic E-state index is 9.07. The van der Waals surface area contributed by atoms with Gasteiger partial charge in [-0.25, -0.2) is 4.68 Å². The van der Waals surface area contributed by atoms with Gasteiger partial charge in [-0.15, -0.1) is 0 Å². The lowest BCUT2D eigenvalue weighted by molar-refractivity contribution is 0.233. The average molecular weight is 287 g/mol. The zero-order chi connectivity index (χ0) is 15.2. The molecule has 0 saturated heterocycles. The fraction of sp³-hybridized carbons (Fsp3) is 0.471. The highest BCUT2D eigenvalue weighted by Crippen LogP contribution is 2.19. The Morgan fingerprint density at radius 3 is 2.52 bits per heavy atom. The van der Waals surface area contributed by atoms with Crippen LogP contribution in [0.3, 0.4) is 0 Å². The Bertz CT molecular complexity index is 548. The molecule has 0 fully saturated rings. The van der Waals surface area contributed by atoms with Crippen LogP contribution >= 0.6 is 0 Å². The van der Waals surface area contributed by atoms with E-state index in [-0.39, 0.29) is 12.5 Å². The van der Waals surface area contributed by atoms with Crippen LogP contribution in [0, 0.1) is 5.92 Å². The van der Waals surface area contributed by atoms with Crippen molar-refractivity contribution < 1.29 is 5.11 Å². The lowest BCUT2D eigenvalue weighted by Gasteiger charge is -2.10. The first-order valence-corrected chi connectivity index (χ1v) is 7.57. The smallest absolute Gasteiger partial charge is 0.0699 e. The second kappa shape index (κ2) is 7.38. The fourth-order valence-electron chi connectivity index (χ4n) is 2.28. The van der Waals surface area contributed by atoms with Crippen molar-refractivity contribution in [1.82, 2.24) is 15.1 Å². The van der Waals surface area contributed by atoms with Crippen LogP contribution in [0.1, 0.15) is 37.9 Å². The van der Waals surface area contributed by atoms with E-state index in [1.165, 1.54) is 5.56 Å². The number of aliphatic hydroxyl groups excluding tert-OH is 1. The fourth-order valence-corrected chi connectivity index (χ4v) is 2.28. The molecule has 0 aliphatic carbocycles. The third kappa shape index (κ3) is 4.16. The summed E-state index contributed by atoms with van der Waals surface area (Å²) in [7, 11) is 0. The lowest BCUT2D eigenvalue weighted by Crippen LogP contribution is -2.23. The van der Waals surface area contributed by atoms with Crippen molar-refractivity contribution in [3.63, 3.8) is 0 Å². The van der Waals surface area contributed by atoms with Gasteiger partial charge in [-0.05, 0) is 24.0 Å². The van der Waals surface area contributed by atoms with E-state index in [1.54, 1.807) is 0 Å². The summed E-state index contributed by atoms with van der Waals surface area (Å²) in [5.74, 6) is 0.665. The molecule has 0 aliphatic heterocycles. The van der Waals surface area contributed by atoms with Gasteiger partial charge in [0, 0.05) is 31.5 Å². The minimum absolute atomic E-state index is 0.216. The van der Waals surface area contributed by atoms with Gasteiger partial charge in [0.25, 0.3) is 0 Å². The molecule has 0 bridgehead atoms. The van der Waals surface area contributed by atoms with Gasteiger partial charge < -0.3 is 10.4 Å². The first-order chi connectivity index (χ1) is 10.1. The molecule has 1 aromatic carbocycles. The topological polar surface area (TPSA) is 50.1 Å². The maximum absolute atomic E-state index is 9.07. The Labute approximate surface area is 126 Å². The summed E-state index contributed by atoms with van der Waals surface area (Å²) in [5, 5.41) is 17.2. The van der Waals surface area contributed by atoms with E-state index in [1.807, 2.05) is 29.8 Å². The number of rotatable bonds is 7. The molecule has 4 heteroatoms. The Morgan fingerprint density at radius 2 is 1.90 bits per heavy atom. The Morgan fingerprint density at radius 1 is 1.19 bits per heavy atom. The molecule has 1 aromatic heterocycles. The molecule has 2 rings (SSSR count). The van der Waals surface area contributed by atoms with E-state index in [0.717, 1.165) is 24.5 Å². The van der Waals surface area contributed by atoms with Gasteiger partial charge in [-0.2, -0.15) is 5.10 Å². The first kappa shape index (κ1) is 15.7. The van der Waals surface area contributed by atoms with Crippen molar-refractivity contribution >= 4 is 0 Å². The average Bonchev–Trinajstić information content (AvgIpc) is 2.92. The monoisotopic (exact) mass is 287 g/mol. The van der Waals surface area contributed by atoms with Crippen molar-refractivity contribution in [2.45, 2.75) is 33.2 Å². The van der Waals surface area contributed by atoms with Crippen LogP contribution in [0.4, 0.5) is 0 Å². The molecule has 2 aromatic rings. The van der Waals surface area contributed by atoms with Crippen molar-refractivity contribution in [2.75, 3.05) is 13.2 Å². The SMILES string of the molecule is CC(CO)CNCc1cn(-c2ccccc2)nc1C(C)C. The number of nitrogens with one attached hydrogen (secondary N) is 1. The van der Waals surface area contributed by atoms with Gasteiger partial charge in [-0.3, -0.25) is 0 Å². The van der Waals surface area contributed by atoms with Gasteiger partial charge in [0.1, 0.15) is 0 Å². The second-order valence-corrected chi connectivity index (χ2v) is 5.89. The van der Waals surface area contributed by atoms with E-state index >= 15 is 0 Å². The molecular formula is C17H25N3O. The number of hydrogen-bond donors (Lipinski definition) is 2. The third-order valence-corrected chi connectivity index (χ3v) is 3.51. The molecule has 0 spiro atoms. The Kier molecular flexibility index (Phi) is 5.53. The zero-order valence-electron chi connectivity index (χ0n) is 13.1. The van der Waals surface area contributed by atoms with E-state index in [4.69, 9.17) is 10.2 Å². The summed E-state index contributed by atoms with van der Waals surface area (Å²) in [6.07, 6.45) is 2.10. The van der Waals surface area contributed by atoms with Crippen LogP contribution in [0.15, 0.2) is 36.5 Å². The van der Waals surface area contributed by atoms with Crippen LogP contribution in [-0.2, 0) is 6.54 Å². The van der Waals surface area contributed by atoms with Crippen LogP contribution in [0.2, 0.25) is 0 Å². The van der Waals surface area contributed by atoms with E-state index in [0.29, 0.717) is 5.92 Å². The highest BCUT2D eigenvalue weighted by Gasteiger charge is 2.13. The number of aromatic nitrogens is 2. The quantitative estimate of drug-likeness (QED) is 0.823. The highest BCUT2D eigenvalue weighted by molar-refractivity contribution is 5.33. The summed E-state index contributed by atoms with van der Waals surface area (Å²) in [6.45, 7) is 8.17. The molecule has 21 heavy (non-hydrogen) atoms. The number of aliphatic hydroxyl groups is 1. The molecule has 114 valence electrons. The normalized spacial score (nSPS) is 12.8. The van der Waals surface area contributed by atoms with Crippen molar-refractivity contribution in [1.29, 1.82) is 0 Å². The lowest BCUT2D eigenvalue weighted by atomic mass is 10.1. The van der Waals surface area contributed by atoms with Crippen molar-refractivity contribution in [3.05, 3.63) is 47.8 Å². The van der Waals surface area contributed by atoms with Crippen molar-refractivity contribution in [3.8, 4) is 5.69 Å². The predicted octanol–water partition coefficient (Wildman–Crippen LogP) is 2.71. The highest BCUT2D eigenvalue weighted by atomic mass is 16.3. The largest absolute Gasteiger partial charge is 0.396 e. The number of nitrogens with zero attached hydrogens (tertiary/aromatic N) is 2. The number of para-hydroxylation sites is 1. The summed E-state index contributed by atoms with van der Waals surface area (Å²) < 4.78 is 1.95. The van der Waals surface area contributed by atoms with Crippen LogP contribution in [0.25, 0.3) is 5.69 Å². The Hall–Kier alpha value is -1.65. The van der Waals surface area contributed by atoms with Gasteiger partial charge in [0.05, 0.1) is 11.4 Å². The van der Waals surface area contributed by atoms with Gasteiger partial charge in [0.2, 0.25) is 0 Å². The molecular weight excluding hydrogens is 262 g/mol. The van der Waals surface area contributed by atoms with Crippen LogP contribution in [0.5, 0.6) is 0 Å². The molecule has 0 saturated carbocycles. The molecule has 1 unspecified atom stereocenters. The van der Waals surface area contributed by atoms with Crippen molar-refractivity contribution in [2.24, 2.45) is 5.92 Å². The molecule has 0 aliphatic rings. The summed E-state index contributed by atoms with van der Waals surface area (Å²) in [5.41, 5.74) is 3.43. The zero-order valence-corrected chi connectivity index (χ0v) is 13.1. The maximum Gasteiger partial charge on any atom is 0.0699 e. The second-order valence-electron chi connectivity index (χ2n) is 5.89. The van der Waals surface area contributed by atoms with Gasteiger partial charge in [0.15, 0.2) is 0 Å². The van der Waals surface area contributed by atoms with E-state index < -0.39 is 0 Å². The minimum atomic E-state index is 0.216. The third-order valence-electron chi connectivity index (χ3n) is 3.51. The first-order valence-electron chi connectivity index (χ1n) is 7.57. The van der Waals surface area contributed by atoms with Gasteiger partial charge >= 0.3 is 0 Å². The Balaban J connectivity index is 2.14. The standard InChI is InChI=1S/C17H25N3O/c1-13(2)17-15(10-18-9-14(3)12-21)11-20(19-17)16-7-5-4-6-8-16/h4-8,11,13-14,18,21H,9-10,12H2,1-3H3. The molecule has 2 N–H and O–H groups in total. The molecule has 4 nitrogen and oxygen atoms in total. The summed E-state index contributed by atoms with van der Waals surface area (Å²) in [4.78, 5) is 0. The van der Waals surface area contributed by atoms with Crippen LogP contribution in [-0.4, -0.2) is 28.0 Å². The minimum Gasteiger partial charge on any atom is -0.396 e. The van der Waals surface area contributed by atoms with E-state index in [2.05, 4.69) is 37.5 Å². The molecule has 0 radical (unpaired) electrons. The summed E-state index contributed by atoms with van der Waals surface area (Å²) in [6, 6.07) is 10.2. The number of benzene rings is 1. The van der Waals surface area contributed by atoms with Crippen LogP contribution < -0.4 is 5.32 Å². The molecule has 1 heterocycles. The summed E-state index contributed by atoms with van der Waals surface area (Å²) >= 11 is 0. The van der Waals surface area contributed by atoms with Gasteiger partial charge in [-0.1, -0.05) is 39.0 Å². The molecule has 1 atom stereocenters. The molecule has 0 amide bonds. The number of hydrogen-bond acceptors (Lipinski definition) is 3. The van der Waals surface area contributed by atoms with E-state index in [9.17, 15) is 0 Å².